The van der Waals surface area contributed by atoms with Crippen LogP contribution in [0.25, 0.3) is 0 Å². The Morgan fingerprint density at radius 1 is 1.21 bits per heavy atom. The molecule has 1 aromatic rings. The number of benzene rings is 1. The van der Waals surface area contributed by atoms with Crippen LogP contribution in [-0.4, -0.2) is 11.7 Å². The summed E-state index contributed by atoms with van der Waals surface area (Å²) >= 11 is 0. The smallest absolute Gasteiger partial charge is 0.123 e. The zero-order chi connectivity index (χ0) is 14.3. The van der Waals surface area contributed by atoms with E-state index < -0.39 is 0 Å². The molecule has 106 valence electrons. The minimum absolute atomic E-state index is 0.00387. The molecule has 2 heteroatoms. The summed E-state index contributed by atoms with van der Waals surface area (Å²) in [5, 5.41) is 10.8. The van der Waals surface area contributed by atoms with Gasteiger partial charge in [-0.15, -0.1) is 0 Å². The van der Waals surface area contributed by atoms with Crippen LogP contribution in [0, 0.1) is 6.92 Å². The van der Waals surface area contributed by atoms with Gasteiger partial charge in [-0.2, -0.15) is 0 Å². The van der Waals surface area contributed by atoms with Crippen LogP contribution < -0.4 is 5.73 Å². The third kappa shape index (κ3) is 2.51. The van der Waals surface area contributed by atoms with Gasteiger partial charge in [-0.25, -0.2) is 0 Å². The van der Waals surface area contributed by atoms with E-state index in [0.29, 0.717) is 12.3 Å². The van der Waals surface area contributed by atoms with Crippen molar-refractivity contribution in [2.24, 2.45) is 5.73 Å². The van der Waals surface area contributed by atoms with E-state index in [0.717, 1.165) is 24.0 Å². The lowest BCUT2D eigenvalue weighted by Gasteiger charge is -2.32. The minimum Gasteiger partial charge on any atom is -0.507 e. The fourth-order valence-electron chi connectivity index (χ4n) is 3.39. The van der Waals surface area contributed by atoms with Gasteiger partial charge in [0.1, 0.15) is 5.75 Å². The first-order valence-corrected chi connectivity index (χ1v) is 7.35. The van der Waals surface area contributed by atoms with Crippen LogP contribution in [0.2, 0.25) is 0 Å². The number of hydrogen-bond donors (Lipinski definition) is 2. The zero-order valence-corrected chi connectivity index (χ0v) is 12.7. The van der Waals surface area contributed by atoms with E-state index >= 15 is 0 Å². The molecule has 0 spiro atoms. The molecule has 1 fully saturated rings. The van der Waals surface area contributed by atoms with Crippen molar-refractivity contribution in [2.75, 3.05) is 6.54 Å². The highest BCUT2D eigenvalue weighted by molar-refractivity contribution is 5.50. The van der Waals surface area contributed by atoms with Gasteiger partial charge in [-0.1, -0.05) is 51.3 Å². The molecule has 3 N–H and O–H groups in total. The van der Waals surface area contributed by atoms with Gasteiger partial charge in [0.05, 0.1) is 0 Å². The van der Waals surface area contributed by atoms with Crippen molar-refractivity contribution in [2.45, 2.75) is 64.2 Å². The molecule has 19 heavy (non-hydrogen) atoms. The Bertz CT molecular complexity index is 465. The van der Waals surface area contributed by atoms with Crippen molar-refractivity contribution in [1.82, 2.24) is 0 Å². The third-order valence-electron chi connectivity index (χ3n) is 4.59. The summed E-state index contributed by atoms with van der Waals surface area (Å²) in [7, 11) is 0. The third-order valence-corrected chi connectivity index (χ3v) is 4.59. The van der Waals surface area contributed by atoms with Gasteiger partial charge in [0.25, 0.3) is 0 Å². The van der Waals surface area contributed by atoms with E-state index in [-0.39, 0.29) is 10.8 Å². The molecule has 0 radical (unpaired) electrons. The second-order valence-electron chi connectivity index (χ2n) is 7.15. The molecule has 0 saturated heterocycles. The van der Waals surface area contributed by atoms with Gasteiger partial charge >= 0.3 is 0 Å². The van der Waals surface area contributed by atoms with Crippen molar-refractivity contribution in [1.29, 1.82) is 0 Å². The van der Waals surface area contributed by atoms with Crippen molar-refractivity contribution >= 4 is 0 Å². The van der Waals surface area contributed by atoms with Crippen molar-refractivity contribution < 1.29 is 5.11 Å². The maximum absolute atomic E-state index is 10.8. The molecule has 1 aliphatic rings. The number of aromatic hydroxyl groups is 1. The Labute approximate surface area is 117 Å². The average Bonchev–Trinajstić information content (AvgIpc) is 2.80. The van der Waals surface area contributed by atoms with Crippen LogP contribution in [-0.2, 0) is 10.8 Å². The van der Waals surface area contributed by atoms with Crippen molar-refractivity contribution in [3.63, 3.8) is 0 Å². The molecule has 0 aliphatic heterocycles. The topological polar surface area (TPSA) is 46.2 Å². The first-order chi connectivity index (χ1) is 8.80. The van der Waals surface area contributed by atoms with Crippen LogP contribution in [0.4, 0.5) is 0 Å². The summed E-state index contributed by atoms with van der Waals surface area (Å²) in [6.45, 7) is 9.18. The second kappa shape index (κ2) is 4.82. The lowest BCUT2D eigenvalue weighted by atomic mass is 9.74. The number of aryl methyl sites for hydroxylation is 1. The second-order valence-corrected chi connectivity index (χ2v) is 7.15. The monoisotopic (exact) mass is 261 g/mol. The number of hydrogen-bond acceptors (Lipinski definition) is 2. The van der Waals surface area contributed by atoms with Gasteiger partial charge in [0.15, 0.2) is 0 Å². The Balaban J connectivity index is 2.61. The Morgan fingerprint density at radius 2 is 1.79 bits per heavy atom. The Morgan fingerprint density at radius 3 is 2.26 bits per heavy atom. The van der Waals surface area contributed by atoms with E-state index in [2.05, 4.69) is 39.8 Å². The molecule has 1 aromatic carbocycles. The molecule has 0 atom stereocenters. The summed E-state index contributed by atoms with van der Waals surface area (Å²) in [5.41, 5.74) is 9.37. The predicted octanol–water partition coefficient (Wildman–Crippen LogP) is 3.77. The van der Waals surface area contributed by atoms with Crippen molar-refractivity contribution in [3.05, 3.63) is 28.8 Å². The fourth-order valence-corrected chi connectivity index (χ4v) is 3.39. The highest BCUT2D eigenvalue weighted by atomic mass is 16.3. The average molecular weight is 261 g/mol. The van der Waals surface area contributed by atoms with E-state index in [1.54, 1.807) is 0 Å². The van der Waals surface area contributed by atoms with Crippen LogP contribution >= 0.6 is 0 Å². The minimum atomic E-state index is -0.0424. The first-order valence-electron chi connectivity index (χ1n) is 7.35. The van der Waals surface area contributed by atoms with E-state index in [9.17, 15) is 5.11 Å². The summed E-state index contributed by atoms with van der Waals surface area (Å²) in [4.78, 5) is 0. The van der Waals surface area contributed by atoms with Crippen LogP contribution in [0.3, 0.4) is 0 Å². The van der Waals surface area contributed by atoms with Gasteiger partial charge in [0.2, 0.25) is 0 Å². The van der Waals surface area contributed by atoms with E-state index in [1.165, 1.54) is 18.4 Å². The normalized spacial score (nSPS) is 18.8. The maximum Gasteiger partial charge on any atom is 0.123 e. The summed E-state index contributed by atoms with van der Waals surface area (Å²) < 4.78 is 0. The SMILES string of the molecule is Cc1cc(C(C)(C)C)c(O)c(C2(CN)CCCC2)c1. The van der Waals surface area contributed by atoms with Crippen LogP contribution in [0.1, 0.15) is 63.1 Å². The van der Waals surface area contributed by atoms with Gasteiger partial charge in [-0.05, 0) is 30.7 Å². The van der Waals surface area contributed by atoms with Gasteiger partial charge in [0, 0.05) is 17.5 Å². The fraction of sp³-hybridized carbons (Fsp3) is 0.647. The number of rotatable bonds is 2. The summed E-state index contributed by atoms with van der Waals surface area (Å²) in [6.07, 6.45) is 4.64. The van der Waals surface area contributed by atoms with Gasteiger partial charge < -0.3 is 10.8 Å². The van der Waals surface area contributed by atoms with Gasteiger partial charge in [-0.3, -0.25) is 0 Å². The Kier molecular flexibility index (Phi) is 3.65. The standard InChI is InChI=1S/C17H27NO/c1-12-9-13(16(2,3)4)15(19)14(10-12)17(11-18)7-5-6-8-17/h9-10,19H,5-8,11,18H2,1-4H3. The number of phenols is 1. The highest BCUT2D eigenvalue weighted by Crippen LogP contribution is 2.47. The van der Waals surface area contributed by atoms with E-state index in [4.69, 9.17) is 5.73 Å². The molecule has 2 rings (SSSR count). The molecule has 0 aromatic heterocycles. The van der Waals surface area contributed by atoms with Crippen molar-refractivity contribution in [3.8, 4) is 5.75 Å². The molecule has 2 nitrogen and oxygen atoms in total. The molecular weight excluding hydrogens is 234 g/mol. The van der Waals surface area contributed by atoms with E-state index in [1.807, 2.05) is 0 Å². The summed E-state index contributed by atoms with van der Waals surface area (Å²) in [5.74, 6) is 0.477. The first kappa shape index (κ1) is 14.4. The maximum atomic E-state index is 10.8. The quantitative estimate of drug-likeness (QED) is 0.851. The lowest BCUT2D eigenvalue weighted by molar-refractivity contribution is 0.392. The van der Waals surface area contributed by atoms with Crippen LogP contribution in [0.5, 0.6) is 5.75 Å². The van der Waals surface area contributed by atoms with Crippen LogP contribution in [0.15, 0.2) is 12.1 Å². The molecular formula is C17H27NO. The summed E-state index contributed by atoms with van der Waals surface area (Å²) in [6, 6.07) is 4.25. The zero-order valence-electron chi connectivity index (χ0n) is 12.7. The lowest BCUT2D eigenvalue weighted by Crippen LogP contribution is -2.32. The Hall–Kier alpha value is -1.02. The molecule has 0 unspecified atom stereocenters. The molecule has 0 amide bonds. The molecule has 1 aliphatic carbocycles. The molecule has 1 saturated carbocycles. The highest BCUT2D eigenvalue weighted by Gasteiger charge is 2.37. The number of nitrogens with two attached hydrogens (primary N) is 1. The number of phenolic OH excluding ortho intramolecular Hbond substituents is 1. The molecule has 0 heterocycles. The largest absolute Gasteiger partial charge is 0.507 e. The molecule has 0 bridgehead atoms. The predicted molar refractivity (Wildman–Crippen MR) is 80.7 cm³/mol.